The molecule has 1 atom stereocenters. The quantitative estimate of drug-likeness (QED) is 0.386. The molecule has 1 aromatic rings. The Morgan fingerprint density at radius 3 is 2.43 bits per heavy atom. The smallest absolute Gasteiger partial charge is 0.126 e. The molecule has 0 radical (unpaired) electrons. The molecule has 23 heavy (non-hydrogen) atoms. The second kappa shape index (κ2) is 8.81. The van der Waals surface area contributed by atoms with Crippen molar-refractivity contribution in [3.63, 3.8) is 0 Å². The summed E-state index contributed by atoms with van der Waals surface area (Å²) in [7, 11) is 0. The third-order valence-corrected chi connectivity index (χ3v) is 4.36. The highest BCUT2D eigenvalue weighted by molar-refractivity contribution is 5.77. The molecule has 0 aliphatic carbocycles. The van der Waals surface area contributed by atoms with Gasteiger partial charge in [-0.25, -0.2) is 4.39 Å². The zero-order valence-corrected chi connectivity index (χ0v) is 15.0. The predicted molar refractivity (Wildman–Crippen MR) is 96.8 cm³/mol. The van der Waals surface area contributed by atoms with Gasteiger partial charge in [-0.1, -0.05) is 36.8 Å². The molecule has 0 saturated carbocycles. The van der Waals surface area contributed by atoms with Gasteiger partial charge in [0.15, 0.2) is 0 Å². The molecule has 0 aliphatic rings. The zero-order valence-electron chi connectivity index (χ0n) is 15.0. The second-order valence-corrected chi connectivity index (χ2v) is 6.24. The van der Waals surface area contributed by atoms with Gasteiger partial charge in [-0.2, -0.15) is 0 Å². The highest BCUT2D eigenvalue weighted by atomic mass is 19.1. The van der Waals surface area contributed by atoms with E-state index in [-0.39, 0.29) is 18.4 Å². The minimum atomic E-state index is -0.319. The Bertz CT molecular complexity index is 621. The molecule has 0 fully saturated rings. The summed E-state index contributed by atoms with van der Waals surface area (Å²) in [5, 5.41) is 0. The highest BCUT2D eigenvalue weighted by Crippen LogP contribution is 2.29. The first kappa shape index (κ1) is 19.3. The van der Waals surface area contributed by atoms with Crippen LogP contribution < -0.4 is 0 Å². The van der Waals surface area contributed by atoms with Crippen LogP contribution in [0.25, 0.3) is 5.57 Å². The van der Waals surface area contributed by atoms with Crippen LogP contribution in [0.4, 0.5) is 8.78 Å². The summed E-state index contributed by atoms with van der Waals surface area (Å²) in [6.07, 6.45) is 5.37. The molecule has 0 heterocycles. The van der Waals surface area contributed by atoms with Gasteiger partial charge in [0.05, 0.1) is 6.67 Å². The second-order valence-electron chi connectivity index (χ2n) is 6.24. The molecule has 0 N–H and O–H groups in total. The normalized spacial score (nSPS) is 14.0. The molecular formula is C21H28F2. The molecule has 0 saturated heterocycles. The van der Waals surface area contributed by atoms with Gasteiger partial charge in [0.25, 0.3) is 0 Å². The van der Waals surface area contributed by atoms with Crippen molar-refractivity contribution in [2.75, 3.05) is 6.67 Å². The van der Waals surface area contributed by atoms with Crippen molar-refractivity contribution in [3.8, 4) is 0 Å². The lowest BCUT2D eigenvalue weighted by molar-refractivity contribution is 0.467. The van der Waals surface area contributed by atoms with Gasteiger partial charge in [-0.3, -0.25) is 4.39 Å². The fourth-order valence-corrected chi connectivity index (χ4v) is 2.61. The van der Waals surface area contributed by atoms with Gasteiger partial charge in [-0.15, -0.1) is 0 Å². The fraction of sp³-hybridized carbons (Fsp3) is 0.429. The van der Waals surface area contributed by atoms with Crippen LogP contribution in [0.3, 0.4) is 0 Å². The van der Waals surface area contributed by atoms with Gasteiger partial charge in [0.2, 0.25) is 0 Å². The van der Waals surface area contributed by atoms with Crippen molar-refractivity contribution < 1.29 is 8.78 Å². The van der Waals surface area contributed by atoms with E-state index in [0.29, 0.717) is 18.4 Å². The summed E-state index contributed by atoms with van der Waals surface area (Å²) in [4.78, 5) is 0. The van der Waals surface area contributed by atoms with E-state index in [1.165, 1.54) is 5.57 Å². The van der Waals surface area contributed by atoms with E-state index >= 15 is 0 Å². The molecule has 0 nitrogen and oxygen atoms in total. The van der Waals surface area contributed by atoms with Crippen molar-refractivity contribution in [1.29, 1.82) is 0 Å². The molecule has 0 amide bonds. The number of allylic oxidation sites excluding steroid dienone is 5. The SMILES string of the molecule is C=C(C)C(C)/C(=C\C(=C/C)c1cc(C)c(F)cc1C)CCCF. The van der Waals surface area contributed by atoms with Crippen LogP contribution >= 0.6 is 0 Å². The van der Waals surface area contributed by atoms with Gasteiger partial charge in [0, 0.05) is 0 Å². The minimum Gasteiger partial charge on any atom is -0.251 e. The van der Waals surface area contributed by atoms with E-state index in [0.717, 1.165) is 22.3 Å². The number of alkyl halides is 1. The van der Waals surface area contributed by atoms with Crippen LogP contribution in [-0.2, 0) is 0 Å². The third-order valence-electron chi connectivity index (χ3n) is 4.36. The van der Waals surface area contributed by atoms with Crippen LogP contribution in [0.2, 0.25) is 0 Å². The van der Waals surface area contributed by atoms with Crippen LogP contribution in [0.15, 0.2) is 42.0 Å². The number of benzene rings is 1. The number of rotatable bonds is 7. The van der Waals surface area contributed by atoms with E-state index in [9.17, 15) is 8.78 Å². The molecule has 1 aromatic carbocycles. The Balaban J connectivity index is 3.31. The van der Waals surface area contributed by atoms with Gasteiger partial charge >= 0.3 is 0 Å². The van der Waals surface area contributed by atoms with E-state index in [4.69, 9.17) is 0 Å². The monoisotopic (exact) mass is 318 g/mol. The maximum atomic E-state index is 13.7. The van der Waals surface area contributed by atoms with Crippen LogP contribution in [0, 0.1) is 25.6 Å². The average molecular weight is 318 g/mol. The van der Waals surface area contributed by atoms with Gasteiger partial charge < -0.3 is 0 Å². The lowest BCUT2D eigenvalue weighted by atomic mass is 9.87. The lowest BCUT2D eigenvalue weighted by Gasteiger charge is -2.18. The van der Waals surface area contributed by atoms with E-state index in [1.54, 1.807) is 13.0 Å². The Labute approximate surface area is 139 Å². The average Bonchev–Trinajstić information content (AvgIpc) is 2.51. The minimum absolute atomic E-state index is 0.182. The standard InChI is InChI=1S/C21H28F2/c1-7-18(20-11-16(5)21(23)12-15(20)4)13-19(9-8-10-22)17(6)14(2)3/h7,11-13,17H,2,8-10H2,1,3-6H3/b18-7+,19-13-. The molecular weight excluding hydrogens is 290 g/mol. The third kappa shape index (κ3) is 5.16. The first-order valence-corrected chi connectivity index (χ1v) is 8.17. The van der Waals surface area contributed by atoms with Crippen molar-refractivity contribution in [1.82, 2.24) is 0 Å². The Hall–Kier alpha value is -1.70. The summed E-state index contributed by atoms with van der Waals surface area (Å²) < 4.78 is 26.3. The van der Waals surface area contributed by atoms with Gasteiger partial charge in [-0.05, 0) is 80.9 Å². The maximum absolute atomic E-state index is 13.7. The summed E-state index contributed by atoms with van der Waals surface area (Å²) in [5.74, 6) is 0.0250. The summed E-state index contributed by atoms with van der Waals surface area (Å²) >= 11 is 0. The van der Waals surface area contributed by atoms with Gasteiger partial charge in [0.1, 0.15) is 5.82 Å². The molecule has 1 unspecified atom stereocenters. The molecule has 126 valence electrons. The maximum Gasteiger partial charge on any atom is 0.126 e. The Morgan fingerprint density at radius 1 is 1.26 bits per heavy atom. The molecule has 0 aromatic heterocycles. The molecule has 1 rings (SSSR count). The number of halogens is 2. The topological polar surface area (TPSA) is 0 Å². The summed E-state index contributed by atoms with van der Waals surface area (Å²) in [6, 6.07) is 3.46. The van der Waals surface area contributed by atoms with Crippen molar-refractivity contribution in [2.24, 2.45) is 5.92 Å². The van der Waals surface area contributed by atoms with Crippen LogP contribution in [0.5, 0.6) is 0 Å². The summed E-state index contributed by atoms with van der Waals surface area (Å²) in [5.41, 5.74) is 5.86. The predicted octanol–water partition coefficient (Wildman–Crippen LogP) is 6.73. The Morgan fingerprint density at radius 2 is 1.91 bits per heavy atom. The lowest BCUT2D eigenvalue weighted by Crippen LogP contribution is -2.02. The number of hydrogen-bond acceptors (Lipinski definition) is 0. The van der Waals surface area contributed by atoms with Crippen LogP contribution in [0.1, 0.15) is 50.3 Å². The molecule has 2 heteroatoms. The van der Waals surface area contributed by atoms with E-state index in [2.05, 4.69) is 19.6 Å². The fourth-order valence-electron chi connectivity index (χ4n) is 2.61. The largest absolute Gasteiger partial charge is 0.251 e. The van der Waals surface area contributed by atoms with Crippen molar-refractivity contribution in [3.05, 3.63) is 64.5 Å². The summed E-state index contributed by atoms with van der Waals surface area (Å²) in [6.45, 7) is 13.5. The first-order valence-electron chi connectivity index (χ1n) is 8.17. The van der Waals surface area contributed by atoms with Crippen molar-refractivity contribution in [2.45, 2.75) is 47.5 Å². The van der Waals surface area contributed by atoms with E-state index < -0.39 is 0 Å². The van der Waals surface area contributed by atoms with E-state index in [1.807, 2.05) is 32.9 Å². The van der Waals surface area contributed by atoms with Crippen LogP contribution in [-0.4, -0.2) is 6.67 Å². The number of aryl methyl sites for hydroxylation is 2. The zero-order chi connectivity index (χ0) is 17.6. The molecule has 0 spiro atoms. The van der Waals surface area contributed by atoms with Crippen molar-refractivity contribution >= 4 is 5.57 Å². The molecule has 0 aliphatic heterocycles. The first-order chi connectivity index (χ1) is 10.8. The highest BCUT2D eigenvalue weighted by Gasteiger charge is 2.12. The number of hydrogen-bond donors (Lipinski definition) is 0. The molecule has 0 bridgehead atoms. The Kier molecular flexibility index (Phi) is 7.41.